The zero-order valence-electron chi connectivity index (χ0n) is 6.86. The maximum absolute atomic E-state index is 10.5. The summed E-state index contributed by atoms with van der Waals surface area (Å²) in [6, 6.07) is 0. The Morgan fingerprint density at radius 1 is 1.50 bits per heavy atom. The summed E-state index contributed by atoms with van der Waals surface area (Å²) >= 11 is 0. The van der Waals surface area contributed by atoms with Gasteiger partial charge in [0.15, 0.2) is 0 Å². The first kappa shape index (κ1) is 9.70. The highest BCUT2D eigenvalue weighted by Gasteiger charge is 2.11. The molecule has 5 heteroatoms. The molecule has 0 fully saturated rings. The molecule has 0 aromatic heterocycles. The van der Waals surface area contributed by atoms with E-state index >= 15 is 0 Å². The summed E-state index contributed by atoms with van der Waals surface area (Å²) in [5, 5.41) is 4.80. The predicted molar refractivity (Wildman–Crippen MR) is 47.6 cm³/mol. The lowest BCUT2D eigenvalue weighted by Gasteiger charge is -2.16. The van der Waals surface area contributed by atoms with Crippen molar-refractivity contribution < 1.29 is 8.42 Å². The largest absolute Gasteiger partial charge is 0.274 e. The van der Waals surface area contributed by atoms with Gasteiger partial charge in [-0.25, -0.2) is 9.86 Å². The van der Waals surface area contributed by atoms with Gasteiger partial charge in [0.05, 0.1) is 0 Å². The molecule has 1 aliphatic rings. The Morgan fingerprint density at radius 3 is 2.75 bits per heavy atom. The van der Waals surface area contributed by atoms with Gasteiger partial charge in [0.25, 0.3) is 10.2 Å². The molecule has 0 bridgehead atoms. The third kappa shape index (κ3) is 3.85. The van der Waals surface area contributed by atoms with Crippen molar-refractivity contribution in [2.75, 3.05) is 6.54 Å². The molecule has 0 radical (unpaired) electrons. The van der Waals surface area contributed by atoms with E-state index in [0.29, 0.717) is 12.5 Å². The van der Waals surface area contributed by atoms with E-state index in [0.717, 1.165) is 19.3 Å². The van der Waals surface area contributed by atoms with Gasteiger partial charge in [-0.15, -0.1) is 0 Å². The summed E-state index contributed by atoms with van der Waals surface area (Å²) in [5.74, 6) is 0.410. The molecule has 3 N–H and O–H groups in total. The van der Waals surface area contributed by atoms with E-state index in [4.69, 9.17) is 5.14 Å². The second-order valence-electron chi connectivity index (χ2n) is 3.04. The maximum atomic E-state index is 10.5. The number of nitrogens with two attached hydrogens (primary N) is 1. The van der Waals surface area contributed by atoms with Crippen molar-refractivity contribution in [3.63, 3.8) is 0 Å². The van der Waals surface area contributed by atoms with Gasteiger partial charge >= 0.3 is 0 Å². The van der Waals surface area contributed by atoms with Crippen molar-refractivity contribution in [1.29, 1.82) is 0 Å². The Kier molecular flexibility index (Phi) is 3.25. The molecule has 0 aromatic carbocycles. The molecule has 0 aromatic rings. The van der Waals surface area contributed by atoms with Crippen molar-refractivity contribution in [1.82, 2.24) is 4.72 Å². The molecule has 70 valence electrons. The van der Waals surface area contributed by atoms with E-state index < -0.39 is 10.2 Å². The highest BCUT2D eigenvalue weighted by Crippen LogP contribution is 2.16. The number of allylic oxidation sites excluding steroid dienone is 2. The van der Waals surface area contributed by atoms with Crippen LogP contribution in [0.25, 0.3) is 0 Å². The third-order valence-corrected chi connectivity index (χ3v) is 2.52. The molecule has 1 atom stereocenters. The fourth-order valence-electron chi connectivity index (χ4n) is 1.28. The van der Waals surface area contributed by atoms with E-state index in [1.807, 2.05) is 0 Å². The molecular weight excluding hydrogens is 176 g/mol. The minimum atomic E-state index is -3.50. The smallest absolute Gasteiger partial charge is 0.216 e. The summed E-state index contributed by atoms with van der Waals surface area (Å²) < 4.78 is 23.4. The van der Waals surface area contributed by atoms with Crippen molar-refractivity contribution in [3.8, 4) is 0 Å². The standard InChI is InChI=1S/C7H14N2O2S/c8-12(10,11)9-6-7-4-2-1-3-5-7/h1-2,7,9H,3-6H2,(H2,8,10,11). The van der Waals surface area contributed by atoms with Crippen LogP contribution >= 0.6 is 0 Å². The highest BCUT2D eigenvalue weighted by atomic mass is 32.2. The SMILES string of the molecule is NS(=O)(=O)NCC1CC=CCC1. The summed E-state index contributed by atoms with van der Waals surface area (Å²) in [7, 11) is -3.50. The first-order chi connectivity index (χ1) is 5.58. The van der Waals surface area contributed by atoms with Gasteiger partial charge < -0.3 is 0 Å². The van der Waals surface area contributed by atoms with Gasteiger partial charge in [0.2, 0.25) is 0 Å². The van der Waals surface area contributed by atoms with E-state index in [1.165, 1.54) is 0 Å². The molecule has 4 nitrogen and oxygen atoms in total. The Bertz CT molecular complexity index is 259. The van der Waals surface area contributed by atoms with Crippen LogP contribution in [0.5, 0.6) is 0 Å². The normalized spacial score (nSPS) is 24.2. The molecule has 0 heterocycles. The Morgan fingerprint density at radius 2 is 2.25 bits per heavy atom. The Hall–Kier alpha value is -0.390. The summed E-state index contributed by atoms with van der Waals surface area (Å²) in [5.41, 5.74) is 0. The average molecular weight is 190 g/mol. The molecule has 1 unspecified atom stereocenters. The lowest BCUT2D eigenvalue weighted by atomic mass is 9.95. The zero-order chi connectivity index (χ0) is 9.03. The first-order valence-corrected chi connectivity index (χ1v) is 5.55. The van der Waals surface area contributed by atoms with E-state index in [2.05, 4.69) is 16.9 Å². The van der Waals surface area contributed by atoms with E-state index in [1.54, 1.807) is 0 Å². The summed E-state index contributed by atoms with van der Waals surface area (Å²) in [6.45, 7) is 0.461. The predicted octanol–water partition coefficient (Wildman–Crippen LogP) is 0.136. The van der Waals surface area contributed by atoms with Crippen LogP contribution in [0.2, 0.25) is 0 Å². The lowest BCUT2D eigenvalue weighted by Crippen LogP contribution is -2.34. The molecule has 0 saturated carbocycles. The molecular formula is C7H14N2O2S. The van der Waals surface area contributed by atoms with Gasteiger partial charge in [0, 0.05) is 6.54 Å². The highest BCUT2D eigenvalue weighted by molar-refractivity contribution is 7.87. The van der Waals surface area contributed by atoms with Crippen molar-refractivity contribution in [2.45, 2.75) is 19.3 Å². The van der Waals surface area contributed by atoms with Crippen LogP contribution in [-0.4, -0.2) is 15.0 Å². The number of nitrogens with one attached hydrogen (secondary N) is 1. The summed E-state index contributed by atoms with van der Waals surface area (Å²) in [4.78, 5) is 0. The van der Waals surface area contributed by atoms with Gasteiger partial charge in [-0.2, -0.15) is 8.42 Å². The first-order valence-electron chi connectivity index (χ1n) is 4.00. The van der Waals surface area contributed by atoms with Crippen molar-refractivity contribution in [3.05, 3.63) is 12.2 Å². The average Bonchev–Trinajstić information content (AvgIpc) is 2.02. The second-order valence-corrected chi connectivity index (χ2v) is 4.42. The van der Waals surface area contributed by atoms with E-state index in [9.17, 15) is 8.42 Å². The number of hydrogen-bond donors (Lipinski definition) is 2. The Labute approximate surface area is 73.0 Å². The van der Waals surface area contributed by atoms with E-state index in [-0.39, 0.29) is 0 Å². The van der Waals surface area contributed by atoms with Crippen LogP contribution in [0.1, 0.15) is 19.3 Å². The lowest BCUT2D eigenvalue weighted by molar-refractivity contribution is 0.468. The fraction of sp³-hybridized carbons (Fsp3) is 0.714. The van der Waals surface area contributed by atoms with Gasteiger partial charge in [-0.3, -0.25) is 0 Å². The second kappa shape index (κ2) is 4.02. The van der Waals surface area contributed by atoms with Gasteiger partial charge in [0.1, 0.15) is 0 Å². The molecule has 0 amide bonds. The number of rotatable bonds is 3. The van der Waals surface area contributed by atoms with Crippen LogP contribution < -0.4 is 9.86 Å². The maximum Gasteiger partial charge on any atom is 0.274 e. The quantitative estimate of drug-likeness (QED) is 0.621. The van der Waals surface area contributed by atoms with Crippen LogP contribution in [-0.2, 0) is 10.2 Å². The zero-order valence-corrected chi connectivity index (χ0v) is 7.68. The van der Waals surface area contributed by atoms with Crippen LogP contribution in [0.15, 0.2) is 12.2 Å². The Balaban J connectivity index is 2.28. The van der Waals surface area contributed by atoms with Gasteiger partial charge in [-0.05, 0) is 25.2 Å². The molecule has 1 rings (SSSR count). The molecule has 12 heavy (non-hydrogen) atoms. The monoisotopic (exact) mass is 190 g/mol. The molecule has 0 aliphatic heterocycles. The topological polar surface area (TPSA) is 72.2 Å². The minimum absolute atomic E-state index is 0.410. The molecule has 1 aliphatic carbocycles. The minimum Gasteiger partial charge on any atom is -0.216 e. The van der Waals surface area contributed by atoms with Gasteiger partial charge in [-0.1, -0.05) is 12.2 Å². The number of hydrogen-bond acceptors (Lipinski definition) is 2. The van der Waals surface area contributed by atoms with Crippen LogP contribution in [0.3, 0.4) is 0 Å². The third-order valence-electron chi connectivity index (χ3n) is 1.95. The van der Waals surface area contributed by atoms with Crippen molar-refractivity contribution >= 4 is 10.2 Å². The summed E-state index contributed by atoms with van der Waals surface area (Å²) in [6.07, 6.45) is 7.23. The van der Waals surface area contributed by atoms with Crippen molar-refractivity contribution in [2.24, 2.45) is 11.1 Å². The van der Waals surface area contributed by atoms with Crippen LogP contribution in [0, 0.1) is 5.92 Å². The van der Waals surface area contributed by atoms with Crippen LogP contribution in [0.4, 0.5) is 0 Å². The molecule has 0 spiro atoms. The fourth-order valence-corrected chi connectivity index (χ4v) is 1.74. The molecule has 0 saturated heterocycles.